The molecule has 0 radical (unpaired) electrons. The Hall–Kier alpha value is -2.75. The number of fused-ring (bicyclic) bond motifs is 1. The fourth-order valence-electron chi connectivity index (χ4n) is 2.82. The van der Waals surface area contributed by atoms with Crippen LogP contribution in [0.15, 0.2) is 60.8 Å². The third-order valence-corrected chi connectivity index (χ3v) is 4.05. The minimum atomic E-state index is -0.283. The van der Waals surface area contributed by atoms with Crippen LogP contribution in [0.5, 0.6) is 0 Å². The molecule has 3 rings (SSSR count). The van der Waals surface area contributed by atoms with Crippen LogP contribution in [0, 0.1) is 5.82 Å². The largest absolute Gasteiger partial charge is 0.338 e. The second-order valence-electron chi connectivity index (χ2n) is 5.71. The highest BCUT2D eigenvalue weighted by atomic mass is 19.1. The standard InChI is InChI=1S/C20H19FN2O/c1-2-23(14-15-6-3-10-18(21)12-15)19(24)13-17-8-4-7-16-9-5-11-22-20(16)17/h3-12H,2,13-14H2,1H3. The molecule has 0 N–H and O–H groups in total. The first-order valence-electron chi connectivity index (χ1n) is 8.02. The molecular weight excluding hydrogens is 303 g/mol. The van der Waals surface area contributed by atoms with Crippen LogP contribution in [-0.4, -0.2) is 22.3 Å². The molecule has 0 saturated carbocycles. The van der Waals surface area contributed by atoms with Crippen LogP contribution in [0.25, 0.3) is 10.9 Å². The van der Waals surface area contributed by atoms with Crippen molar-refractivity contribution in [1.29, 1.82) is 0 Å². The molecule has 24 heavy (non-hydrogen) atoms. The van der Waals surface area contributed by atoms with Gasteiger partial charge in [0.05, 0.1) is 11.9 Å². The Labute approximate surface area is 140 Å². The average Bonchev–Trinajstić information content (AvgIpc) is 2.60. The molecule has 0 bridgehead atoms. The van der Waals surface area contributed by atoms with Gasteiger partial charge in [-0.25, -0.2) is 4.39 Å². The highest BCUT2D eigenvalue weighted by molar-refractivity contribution is 5.87. The van der Waals surface area contributed by atoms with Gasteiger partial charge in [0.1, 0.15) is 5.82 Å². The molecule has 3 nitrogen and oxygen atoms in total. The Balaban J connectivity index is 1.79. The van der Waals surface area contributed by atoms with Crippen LogP contribution in [0.1, 0.15) is 18.1 Å². The summed E-state index contributed by atoms with van der Waals surface area (Å²) in [7, 11) is 0. The lowest BCUT2D eigenvalue weighted by atomic mass is 10.1. The van der Waals surface area contributed by atoms with Gasteiger partial charge in [0.25, 0.3) is 0 Å². The van der Waals surface area contributed by atoms with Gasteiger partial charge in [0.2, 0.25) is 5.91 Å². The van der Waals surface area contributed by atoms with Gasteiger partial charge in [-0.15, -0.1) is 0 Å². The summed E-state index contributed by atoms with van der Waals surface area (Å²) in [6.45, 7) is 2.91. The number of amides is 1. The fraction of sp³-hybridized carbons (Fsp3) is 0.200. The van der Waals surface area contributed by atoms with E-state index in [2.05, 4.69) is 4.98 Å². The fourth-order valence-corrected chi connectivity index (χ4v) is 2.82. The van der Waals surface area contributed by atoms with Gasteiger partial charge >= 0.3 is 0 Å². The highest BCUT2D eigenvalue weighted by Gasteiger charge is 2.15. The van der Waals surface area contributed by atoms with Crippen LogP contribution >= 0.6 is 0 Å². The molecule has 0 fully saturated rings. The van der Waals surface area contributed by atoms with Crippen molar-refractivity contribution in [3.05, 3.63) is 77.7 Å². The number of aromatic nitrogens is 1. The number of hydrogen-bond donors (Lipinski definition) is 0. The summed E-state index contributed by atoms with van der Waals surface area (Å²) < 4.78 is 13.3. The number of halogens is 1. The Kier molecular flexibility index (Phi) is 4.85. The zero-order valence-corrected chi connectivity index (χ0v) is 13.6. The maximum atomic E-state index is 13.3. The Morgan fingerprint density at radius 2 is 1.92 bits per heavy atom. The van der Waals surface area contributed by atoms with Gasteiger partial charge in [-0.3, -0.25) is 9.78 Å². The van der Waals surface area contributed by atoms with E-state index >= 15 is 0 Å². The molecule has 2 aromatic carbocycles. The summed E-state index contributed by atoms with van der Waals surface area (Å²) in [5, 5.41) is 1.02. The second kappa shape index (κ2) is 7.21. The lowest BCUT2D eigenvalue weighted by Crippen LogP contribution is -2.31. The number of rotatable bonds is 5. The number of carbonyl (C=O) groups excluding carboxylic acids is 1. The molecule has 1 aromatic heterocycles. The van der Waals surface area contributed by atoms with E-state index in [1.807, 2.05) is 43.3 Å². The maximum absolute atomic E-state index is 13.3. The van der Waals surface area contributed by atoms with Crippen molar-refractivity contribution in [2.45, 2.75) is 19.9 Å². The zero-order chi connectivity index (χ0) is 16.9. The van der Waals surface area contributed by atoms with Crippen molar-refractivity contribution < 1.29 is 9.18 Å². The van der Waals surface area contributed by atoms with Crippen molar-refractivity contribution in [2.75, 3.05) is 6.54 Å². The topological polar surface area (TPSA) is 33.2 Å². The first-order valence-corrected chi connectivity index (χ1v) is 8.02. The maximum Gasteiger partial charge on any atom is 0.227 e. The molecule has 0 spiro atoms. The molecule has 0 atom stereocenters. The van der Waals surface area contributed by atoms with Gasteiger partial charge in [-0.2, -0.15) is 0 Å². The molecule has 0 saturated heterocycles. The first-order chi connectivity index (χ1) is 11.7. The quantitative estimate of drug-likeness (QED) is 0.712. The van der Waals surface area contributed by atoms with Crippen LogP contribution < -0.4 is 0 Å². The highest BCUT2D eigenvalue weighted by Crippen LogP contribution is 2.17. The zero-order valence-electron chi connectivity index (χ0n) is 13.6. The third kappa shape index (κ3) is 3.59. The second-order valence-corrected chi connectivity index (χ2v) is 5.71. The number of pyridine rings is 1. The van der Waals surface area contributed by atoms with Crippen LogP contribution in [0.4, 0.5) is 4.39 Å². The smallest absolute Gasteiger partial charge is 0.227 e. The molecule has 0 aliphatic heterocycles. The van der Waals surface area contributed by atoms with Crippen LogP contribution in [0.3, 0.4) is 0 Å². The molecule has 3 aromatic rings. The number of likely N-dealkylation sites (N-methyl/N-ethyl adjacent to an activating group) is 1. The molecule has 0 unspecified atom stereocenters. The van der Waals surface area contributed by atoms with Crippen molar-refractivity contribution >= 4 is 16.8 Å². The lowest BCUT2D eigenvalue weighted by molar-refractivity contribution is -0.130. The summed E-state index contributed by atoms with van der Waals surface area (Å²) >= 11 is 0. The van der Waals surface area contributed by atoms with Crippen molar-refractivity contribution in [2.24, 2.45) is 0 Å². The summed E-state index contributed by atoms with van der Waals surface area (Å²) in [4.78, 5) is 18.8. The monoisotopic (exact) mass is 322 g/mol. The van der Waals surface area contributed by atoms with Gasteiger partial charge in [0.15, 0.2) is 0 Å². The van der Waals surface area contributed by atoms with E-state index in [1.165, 1.54) is 12.1 Å². The van der Waals surface area contributed by atoms with Gasteiger partial charge in [-0.1, -0.05) is 36.4 Å². The Morgan fingerprint density at radius 1 is 1.12 bits per heavy atom. The van der Waals surface area contributed by atoms with Crippen molar-refractivity contribution in [3.8, 4) is 0 Å². The minimum Gasteiger partial charge on any atom is -0.338 e. The van der Waals surface area contributed by atoms with Gasteiger partial charge < -0.3 is 4.90 Å². The van der Waals surface area contributed by atoms with Crippen LogP contribution in [0.2, 0.25) is 0 Å². The van der Waals surface area contributed by atoms with Crippen molar-refractivity contribution in [3.63, 3.8) is 0 Å². The Bertz CT molecular complexity index is 858. The van der Waals surface area contributed by atoms with E-state index in [4.69, 9.17) is 0 Å². The number of para-hydroxylation sites is 1. The van der Waals surface area contributed by atoms with Gasteiger partial charge in [0, 0.05) is 24.7 Å². The molecule has 1 heterocycles. The van der Waals surface area contributed by atoms with E-state index in [0.717, 1.165) is 22.0 Å². The predicted molar refractivity (Wildman–Crippen MR) is 92.9 cm³/mol. The van der Waals surface area contributed by atoms with E-state index < -0.39 is 0 Å². The molecule has 4 heteroatoms. The number of nitrogens with zero attached hydrogens (tertiary/aromatic N) is 2. The summed E-state index contributed by atoms with van der Waals surface area (Å²) in [6.07, 6.45) is 2.03. The van der Waals surface area contributed by atoms with Crippen LogP contribution in [-0.2, 0) is 17.8 Å². The number of carbonyl (C=O) groups is 1. The average molecular weight is 322 g/mol. The van der Waals surface area contributed by atoms with Crippen molar-refractivity contribution in [1.82, 2.24) is 9.88 Å². The van der Waals surface area contributed by atoms with E-state index in [0.29, 0.717) is 13.1 Å². The summed E-state index contributed by atoms with van der Waals surface area (Å²) in [5.41, 5.74) is 2.56. The molecule has 0 aliphatic rings. The molecule has 1 amide bonds. The lowest BCUT2D eigenvalue weighted by Gasteiger charge is -2.21. The first kappa shape index (κ1) is 16.1. The number of hydrogen-bond acceptors (Lipinski definition) is 2. The normalized spacial score (nSPS) is 10.8. The van der Waals surface area contributed by atoms with E-state index in [1.54, 1.807) is 17.2 Å². The third-order valence-electron chi connectivity index (χ3n) is 4.05. The summed E-state index contributed by atoms with van der Waals surface area (Å²) in [5.74, 6) is -0.269. The van der Waals surface area contributed by atoms with Gasteiger partial charge in [-0.05, 0) is 36.2 Å². The number of benzene rings is 2. The minimum absolute atomic E-state index is 0.0138. The van der Waals surface area contributed by atoms with E-state index in [9.17, 15) is 9.18 Å². The molecule has 122 valence electrons. The molecular formula is C20H19FN2O. The SMILES string of the molecule is CCN(Cc1cccc(F)c1)C(=O)Cc1cccc2cccnc12. The summed E-state index contributed by atoms with van der Waals surface area (Å²) in [6, 6.07) is 16.1. The predicted octanol–water partition coefficient (Wildman–Crippen LogP) is 3.97. The molecule has 0 aliphatic carbocycles. The van der Waals surface area contributed by atoms with E-state index in [-0.39, 0.29) is 18.1 Å². The Morgan fingerprint density at radius 3 is 2.71 bits per heavy atom.